The van der Waals surface area contributed by atoms with Crippen molar-refractivity contribution in [2.24, 2.45) is 17.3 Å². The first kappa shape index (κ1) is 19.1. The highest BCUT2D eigenvalue weighted by Crippen LogP contribution is 2.59. The van der Waals surface area contributed by atoms with Crippen molar-refractivity contribution in [3.63, 3.8) is 0 Å². The van der Waals surface area contributed by atoms with Crippen molar-refractivity contribution in [2.45, 2.75) is 34.0 Å². The van der Waals surface area contributed by atoms with Crippen LogP contribution < -0.4 is 0 Å². The fourth-order valence-electron chi connectivity index (χ4n) is 3.01. The lowest BCUT2D eigenvalue weighted by atomic mass is 10.1. The van der Waals surface area contributed by atoms with Gasteiger partial charge in [0.05, 0.1) is 18.6 Å². The molecule has 6 heteroatoms. The van der Waals surface area contributed by atoms with Gasteiger partial charge in [-0.25, -0.2) is 8.78 Å². The van der Waals surface area contributed by atoms with Crippen LogP contribution in [-0.4, -0.2) is 13.1 Å². The average molecular weight is 349 g/mol. The van der Waals surface area contributed by atoms with Gasteiger partial charge in [-0.05, 0) is 36.0 Å². The smallest absolute Gasteiger partial charge is 0.310 e. The highest BCUT2D eigenvalue weighted by Gasteiger charge is 2.61. The Morgan fingerprint density at radius 2 is 1.92 bits per heavy atom. The minimum Gasteiger partial charge on any atom is -0.461 e. The summed E-state index contributed by atoms with van der Waals surface area (Å²) in [6, 6.07) is 4.31. The Morgan fingerprint density at radius 3 is 2.44 bits per heavy atom. The Hall–Kier alpha value is -2.26. The predicted molar refractivity (Wildman–Crippen MR) is 87.0 cm³/mol. The van der Waals surface area contributed by atoms with Gasteiger partial charge in [-0.2, -0.15) is 5.26 Å². The van der Waals surface area contributed by atoms with Crippen molar-refractivity contribution in [1.29, 1.82) is 5.26 Å². The average Bonchev–Trinajstić information content (AvgIpc) is 3.08. The number of nitriles is 1. The Labute approximate surface area is 146 Å². The van der Waals surface area contributed by atoms with Gasteiger partial charge in [0.15, 0.2) is 0 Å². The molecule has 0 spiro atoms. The number of rotatable bonds is 6. The van der Waals surface area contributed by atoms with E-state index in [0.29, 0.717) is 5.57 Å². The molecule has 1 aromatic carbocycles. The van der Waals surface area contributed by atoms with Crippen LogP contribution in [0.2, 0.25) is 0 Å². The summed E-state index contributed by atoms with van der Waals surface area (Å²) in [6.07, 6.45) is 1.77. The van der Waals surface area contributed by atoms with Crippen molar-refractivity contribution in [3.05, 3.63) is 46.5 Å². The molecule has 0 saturated heterocycles. The van der Waals surface area contributed by atoms with Crippen LogP contribution in [0.3, 0.4) is 0 Å². The Bertz CT molecular complexity index is 727. The monoisotopic (exact) mass is 349 g/mol. The number of carbonyl (C=O) groups is 1. The van der Waals surface area contributed by atoms with Crippen LogP contribution in [0.5, 0.6) is 0 Å². The molecule has 1 aromatic rings. The lowest BCUT2D eigenvalue weighted by Gasteiger charge is -2.09. The van der Waals surface area contributed by atoms with Crippen molar-refractivity contribution in [3.8, 4) is 6.07 Å². The van der Waals surface area contributed by atoms with Crippen LogP contribution in [-0.2, 0) is 27.5 Å². The molecule has 0 bridgehead atoms. The fraction of sp³-hybridized carbons (Fsp3) is 0.474. The number of esters is 1. The number of methoxy groups -OCH3 is 1. The quantitative estimate of drug-likeness (QED) is 0.577. The first-order chi connectivity index (χ1) is 11.7. The van der Waals surface area contributed by atoms with E-state index in [0.717, 1.165) is 12.1 Å². The molecule has 0 radical (unpaired) electrons. The van der Waals surface area contributed by atoms with Gasteiger partial charge in [-0.3, -0.25) is 4.79 Å². The normalized spacial score (nSPS) is 21.6. The number of allylic oxidation sites excluding steroid dienone is 2. The maximum absolute atomic E-state index is 13.9. The Balaban J connectivity index is 2.03. The Morgan fingerprint density at radius 1 is 1.32 bits per heavy atom. The number of carbonyl (C=O) groups excluding carboxylic acids is 1. The van der Waals surface area contributed by atoms with Crippen molar-refractivity contribution in [2.75, 3.05) is 7.11 Å². The maximum atomic E-state index is 13.9. The molecule has 2 rings (SSSR count). The molecule has 1 aliphatic carbocycles. The van der Waals surface area contributed by atoms with E-state index in [1.807, 2.05) is 19.9 Å². The third-order valence-corrected chi connectivity index (χ3v) is 4.64. The number of benzene rings is 1. The van der Waals surface area contributed by atoms with Gasteiger partial charge in [-0.15, -0.1) is 0 Å². The molecule has 0 N–H and O–H groups in total. The maximum Gasteiger partial charge on any atom is 0.310 e. The molecule has 0 aliphatic heterocycles. The van der Waals surface area contributed by atoms with Crippen LogP contribution in [0.25, 0.3) is 0 Å². The topological polar surface area (TPSA) is 59.3 Å². The molecule has 134 valence electrons. The molecule has 1 saturated carbocycles. The molecule has 0 unspecified atom stereocenters. The lowest BCUT2D eigenvalue weighted by Crippen LogP contribution is -2.11. The van der Waals surface area contributed by atoms with Crippen LogP contribution in [0.1, 0.15) is 31.9 Å². The summed E-state index contributed by atoms with van der Waals surface area (Å²) < 4.78 is 37.7. The van der Waals surface area contributed by atoms with Gasteiger partial charge in [0, 0.05) is 18.2 Å². The summed E-state index contributed by atoms with van der Waals surface area (Å²) >= 11 is 0. The second kappa shape index (κ2) is 7.32. The van der Waals surface area contributed by atoms with Crippen LogP contribution in [0.4, 0.5) is 8.78 Å². The zero-order chi connectivity index (χ0) is 18.8. The summed E-state index contributed by atoms with van der Waals surface area (Å²) in [6.45, 7) is 5.15. The standard InChI is InChI=1S/C19H21F2NO3/c1-11(8-22)5-14-17(19(14,2)3)18(23)25-9-12-6-15(20)13(10-24-4)16(21)7-12/h5-7,14,17H,9-10H2,1-4H3/t14-,17+/m1/s1. The van der Waals surface area contributed by atoms with E-state index in [4.69, 9.17) is 14.7 Å². The van der Waals surface area contributed by atoms with E-state index in [9.17, 15) is 13.6 Å². The lowest BCUT2D eigenvalue weighted by molar-refractivity contribution is -0.147. The molecule has 1 fully saturated rings. The van der Waals surface area contributed by atoms with Crippen LogP contribution >= 0.6 is 0 Å². The first-order valence-electron chi connectivity index (χ1n) is 7.93. The van der Waals surface area contributed by atoms with Crippen LogP contribution in [0, 0.1) is 40.2 Å². The number of nitrogens with zero attached hydrogens (tertiary/aromatic N) is 1. The SMILES string of the molecule is COCc1c(F)cc(COC(=O)[C@@H]2[C@@H](C=C(C)C#N)C2(C)C)cc1F. The third kappa shape index (κ3) is 4.05. The zero-order valence-electron chi connectivity index (χ0n) is 14.7. The molecule has 0 aromatic heterocycles. The second-order valence-electron chi connectivity index (χ2n) is 6.87. The largest absolute Gasteiger partial charge is 0.461 e. The van der Waals surface area contributed by atoms with Crippen molar-refractivity contribution >= 4 is 5.97 Å². The zero-order valence-corrected chi connectivity index (χ0v) is 14.7. The second-order valence-corrected chi connectivity index (χ2v) is 6.87. The van der Waals surface area contributed by atoms with Gasteiger partial charge in [-0.1, -0.05) is 19.9 Å². The summed E-state index contributed by atoms with van der Waals surface area (Å²) in [5, 5.41) is 8.86. The minimum atomic E-state index is -0.731. The van der Waals surface area contributed by atoms with Crippen molar-refractivity contribution in [1.82, 2.24) is 0 Å². The molecule has 0 heterocycles. The Kier molecular flexibility index (Phi) is 5.58. The van der Waals surface area contributed by atoms with E-state index >= 15 is 0 Å². The highest BCUT2D eigenvalue weighted by atomic mass is 19.1. The van der Waals surface area contributed by atoms with Gasteiger partial charge in [0.1, 0.15) is 18.2 Å². The summed E-state index contributed by atoms with van der Waals surface area (Å²) in [5.74, 6) is -2.33. The molecule has 1 aliphatic rings. The highest BCUT2D eigenvalue weighted by molar-refractivity contribution is 5.78. The molecule has 0 amide bonds. The van der Waals surface area contributed by atoms with Crippen LogP contribution in [0.15, 0.2) is 23.8 Å². The van der Waals surface area contributed by atoms with Crippen molar-refractivity contribution < 1.29 is 23.0 Å². The minimum absolute atomic E-state index is 0.0720. The molecule has 2 atom stereocenters. The number of halogens is 2. The van der Waals surface area contributed by atoms with Gasteiger partial charge >= 0.3 is 5.97 Å². The van der Waals surface area contributed by atoms with Gasteiger partial charge in [0.25, 0.3) is 0 Å². The van der Waals surface area contributed by atoms with E-state index in [1.165, 1.54) is 7.11 Å². The summed E-state index contributed by atoms with van der Waals surface area (Å²) in [5.41, 5.74) is 0.333. The molecular weight excluding hydrogens is 328 g/mol. The number of ether oxygens (including phenoxy) is 2. The molecular formula is C19H21F2NO3. The molecule has 4 nitrogen and oxygen atoms in total. The predicted octanol–water partition coefficient (Wildman–Crippen LogP) is 3.90. The first-order valence-corrected chi connectivity index (χ1v) is 7.93. The van der Waals surface area contributed by atoms with Gasteiger partial charge in [0.2, 0.25) is 0 Å². The van der Waals surface area contributed by atoms with E-state index in [1.54, 1.807) is 13.0 Å². The summed E-state index contributed by atoms with van der Waals surface area (Å²) in [7, 11) is 1.35. The fourth-order valence-corrected chi connectivity index (χ4v) is 3.01. The van der Waals surface area contributed by atoms with E-state index in [-0.39, 0.29) is 41.6 Å². The van der Waals surface area contributed by atoms with Gasteiger partial charge < -0.3 is 9.47 Å². The third-order valence-electron chi connectivity index (χ3n) is 4.64. The summed E-state index contributed by atoms with van der Waals surface area (Å²) in [4.78, 5) is 12.3. The van der Waals surface area contributed by atoms with E-state index in [2.05, 4.69) is 0 Å². The van der Waals surface area contributed by atoms with E-state index < -0.39 is 17.6 Å². The number of hydrogen-bond donors (Lipinski definition) is 0. The molecule has 25 heavy (non-hydrogen) atoms. The number of hydrogen-bond acceptors (Lipinski definition) is 4.